The number of nitrogens with zero attached hydrogens (tertiary/aromatic N) is 1. The zero-order valence-corrected chi connectivity index (χ0v) is 14.2. The van der Waals surface area contributed by atoms with Crippen LogP contribution in [0.2, 0.25) is 0 Å². The van der Waals surface area contributed by atoms with Gasteiger partial charge in [-0.15, -0.1) is 0 Å². The van der Waals surface area contributed by atoms with Crippen LogP contribution < -0.4 is 10.0 Å². The fraction of sp³-hybridized carbons (Fsp3) is 0.538. The van der Waals surface area contributed by atoms with E-state index in [0.29, 0.717) is 17.8 Å². The van der Waals surface area contributed by atoms with E-state index in [0.717, 1.165) is 4.47 Å². The van der Waals surface area contributed by atoms with Crippen molar-refractivity contribution in [1.29, 1.82) is 0 Å². The van der Waals surface area contributed by atoms with Crippen molar-refractivity contribution in [3.63, 3.8) is 0 Å². The Kier molecular flexibility index (Phi) is 4.90. The number of hydrogen-bond acceptors (Lipinski definition) is 3. The van der Waals surface area contributed by atoms with Crippen LogP contribution in [-0.4, -0.2) is 21.2 Å². The number of anilines is 2. The Hall–Kier alpha value is -0.750. The van der Waals surface area contributed by atoms with E-state index in [1.807, 2.05) is 20.8 Å². The van der Waals surface area contributed by atoms with E-state index in [4.69, 9.17) is 5.73 Å². The van der Waals surface area contributed by atoms with E-state index in [9.17, 15) is 8.42 Å². The summed E-state index contributed by atoms with van der Waals surface area (Å²) in [7, 11) is -1.80. The monoisotopic (exact) mass is 348 g/mol. The smallest absolute Gasteiger partial charge is 0.234 e. The van der Waals surface area contributed by atoms with Gasteiger partial charge in [0.2, 0.25) is 10.0 Å². The molecule has 0 saturated carbocycles. The van der Waals surface area contributed by atoms with Gasteiger partial charge in [-0.25, -0.2) is 8.42 Å². The molecule has 6 heteroatoms. The topological polar surface area (TPSA) is 63.4 Å². The molecular weight excluding hydrogens is 328 g/mol. The summed E-state index contributed by atoms with van der Waals surface area (Å²) >= 11 is 3.30. The van der Waals surface area contributed by atoms with Crippen LogP contribution in [0.5, 0.6) is 0 Å². The average molecular weight is 349 g/mol. The fourth-order valence-corrected chi connectivity index (χ4v) is 3.52. The van der Waals surface area contributed by atoms with Crippen LogP contribution in [0.3, 0.4) is 0 Å². The van der Waals surface area contributed by atoms with Gasteiger partial charge in [-0.1, -0.05) is 36.7 Å². The number of halogens is 1. The molecule has 0 fully saturated rings. The van der Waals surface area contributed by atoms with Crippen LogP contribution in [-0.2, 0) is 10.0 Å². The SMILES string of the molecule is CN(c1ccc(Br)cc1N)S(=O)(=O)CCC(C)(C)C. The summed E-state index contributed by atoms with van der Waals surface area (Å²) in [6, 6.07) is 5.18. The summed E-state index contributed by atoms with van der Waals surface area (Å²) in [6.07, 6.45) is 0.607. The number of rotatable bonds is 4. The molecule has 0 unspecified atom stereocenters. The normalized spacial score (nSPS) is 12.5. The van der Waals surface area contributed by atoms with Gasteiger partial charge in [-0.05, 0) is 30.0 Å². The van der Waals surface area contributed by atoms with Crippen molar-refractivity contribution in [2.45, 2.75) is 27.2 Å². The first-order chi connectivity index (χ1) is 8.53. The number of hydrogen-bond donors (Lipinski definition) is 1. The summed E-state index contributed by atoms with van der Waals surface area (Å²) < 4.78 is 26.6. The van der Waals surface area contributed by atoms with Gasteiger partial charge < -0.3 is 5.73 Å². The quantitative estimate of drug-likeness (QED) is 0.849. The van der Waals surface area contributed by atoms with Gasteiger partial charge in [-0.3, -0.25) is 4.31 Å². The first kappa shape index (κ1) is 16.3. The second-order valence-electron chi connectivity index (χ2n) is 5.80. The van der Waals surface area contributed by atoms with Gasteiger partial charge in [0.05, 0.1) is 17.1 Å². The first-order valence-corrected chi connectivity index (χ1v) is 8.45. The number of sulfonamides is 1. The van der Waals surface area contributed by atoms with Gasteiger partial charge in [0, 0.05) is 11.5 Å². The van der Waals surface area contributed by atoms with Gasteiger partial charge in [-0.2, -0.15) is 0 Å². The molecule has 1 rings (SSSR count). The third kappa shape index (κ3) is 4.69. The van der Waals surface area contributed by atoms with E-state index in [-0.39, 0.29) is 11.2 Å². The Bertz CT molecular complexity index is 550. The molecule has 0 radical (unpaired) electrons. The average Bonchev–Trinajstić information content (AvgIpc) is 2.25. The van der Waals surface area contributed by atoms with Crippen molar-refractivity contribution in [1.82, 2.24) is 0 Å². The number of nitrogens with two attached hydrogens (primary N) is 1. The minimum atomic E-state index is -3.34. The maximum absolute atomic E-state index is 12.3. The van der Waals surface area contributed by atoms with Crippen molar-refractivity contribution in [2.75, 3.05) is 22.8 Å². The van der Waals surface area contributed by atoms with Gasteiger partial charge in [0.25, 0.3) is 0 Å². The van der Waals surface area contributed by atoms with Crippen LogP contribution in [0.4, 0.5) is 11.4 Å². The lowest BCUT2D eigenvalue weighted by atomic mass is 9.94. The summed E-state index contributed by atoms with van der Waals surface area (Å²) in [6.45, 7) is 6.07. The minimum Gasteiger partial charge on any atom is -0.397 e. The predicted molar refractivity (Wildman–Crippen MR) is 84.8 cm³/mol. The molecule has 4 nitrogen and oxygen atoms in total. The third-order valence-electron chi connectivity index (χ3n) is 2.86. The second kappa shape index (κ2) is 5.71. The van der Waals surface area contributed by atoms with Crippen LogP contribution in [0.1, 0.15) is 27.2 Å². The van der Waals surface area contributed by atoms with E-state index in [1.165, 1.54) is 11.4 Å². The Balaban J connectivity index is 2.95. The highest BCUT2D eigenvalue weighted by Gasteiger charge is 2.23. The fourth-order valence-electron chi connectivity index (χ4n) is 1.53. The molecule has 0 aliphatic carbocycles. The van der Waals surface area contributed by atoms with Crippen LogP contribution in [0, 0.1) is 5.41 Å². The summed E-state index contributed by atoms with van der Waals surface area (Å²) in [5.41, 5.74) is 6.80. The number of nitrogen functional groups attached to an aromatic ring is 1. The third-order valence-corrected chi connectivity index (χ3v) is 5.10. The summed E-state index contributed by atoms with van der Waals surface area (Å²) in [5, 5.41) is 0. The Morgan fingerprint density at radius 3 is 2.37 bits per heavy atom. The molecule has 0 spiro atoms. The predicted octanol–water partition coefficient (Wildman–Crippen LogP) is 3.23. The molecule has 0 bridgehead atoms. The lowest BCUT2D eigenvalue weighted by Crippen LogP contribution is -2.31. The van der Waals surface area contributed by atoms with Gasteiger partial charge >= 0.3 is 0 Å². The Morgan fingerprint density at radius 2 is 1.89 bits per heavy atom. The van der Waals surface area contributed by atoms with Crippen molar-refractivity contribution in [2.24, 2.45) is 5.41 Å². The molecule has 0 amide bonds. The molecule has 0 saturated heterocycles. The molecule has 0 aliphatic heterocycles. The Labute approximate surface area is 124 Å². The molecule has 19 heavy (non-hydrogen) atoms. The van der Waals surface area contributed by atoms with E-state index in [2.05, 4.69) is 15.9 Å². The summed E-state index contributed by atoms with van der Waals surface area (Å²) in [4.78, 5) is 0. The van der Waals surface area contributed by atoms with Crippen molar-refractivity contribution in [3.05, 3.63) is 22.7 Å². The van der Waals surface area contributed by atoms with Crippen molar-refractivity contribution in [3.8, 4) is 0 Å². The lowest BCUT2D eigenvalue weighted by molar-refractivity contribution is 0.397. The maximum atomic E-state index is 12.3. The molecule has 2 N–H and O–H groups in total. The van der Waals surface area contributed by atoms with Crippen LogP contribution >= 0.6 is 15.9 Å². The van der Waals surface area contributed by atoms with Crippen LogP contribution in [0.25, 0.3) is 0 Å². The van der Waals surface area contributed by atoms with Crippen molar-refractivity contribution < 1.29 is 8.42 Å². The molecule has 0 aromatic heterocycles. The maximum Gasteiger partial charge on any atom is 0.234 e. The highest BCUT2D eigenvalue weighted by atomic mass is 79.9. The van der Waals surface area contributed by atoms with Gasteiger partial charge in [0.15, 0.2) is 0 Å². The molecule has 0 atom stereocenters. The minimum absolute atomic E-state index is 0.0147. The Morgan fingerprint density at radius 1 is 1.32 bits per heavy atom. The zero-order valence-electron chi connectivity index (χ0n) is 11.8. The van der Waals surface area contributed by atoms with Crippen LogP contribution in [0.15, 0.2) is 22.7 Å². The lowest BCUT2D eigenvalue weighted by Gasteiger charge is -2.24. The van der Waals surface area contributed by atoms with Gasteiger partial charge in [0.1, 0.15) is 0 Å². The summed E-state index contributed by atoms with van der Waals surface area (Å²) in [5.74, 6) is 0.114. The second-order valence-corrected chi connectivity index (χ2v) is 8.83. The highest BCUT2D eigenvalue weighted by molar-refractivity contribution is 9.10. The van der Waals surface area contributed by atoms with Crippen molar-refractivity contribution >= 4 is 37.3 Å². The largest absolute Gasteiger partial charge is 0.397 e. The molecule has 0 heterocycles. The van der Waals surface area contributed by atoms with E-state index in [1.54, 1.807) is 18.2 Å². The first-order valence-electron chi connectivity index (χ1n) is 6.04. The highest BCUT2D eigenvalue weighted by Crippen LogP contribution is 2.29. The molecular formula is C13H21BrN2O2S. The number of benzene rings is 1. The molecule has 1 aromatic carbocycles. The zero-order chi connectivity index (χ0) is 14.8. The standard InChI is InChI=1S/C13H21BrN2O2S/c1-13(2,3)7-8-19(17,18)16(4)12-6-5-10(14)9-11(12)15/h5-6,9H,7-8,15H2,1-4H3. The molecule has 108 valence electrons. The molecule has 0 aliphatic rings. The van der Waals surface area contributed by atoms with E-state index < -0.39 is 10.0 Å². The molecule has 1 aromatic rings. The van der Waals surface area contributed by atoms with E-state index >= 15 is 0 Å².